The number of halogens is 1. The van der Waals surface area contributed by atoms with Gasteiger partial charge in [-0.2, -0.15) is 0 Å². The first-order valence-electron chi connectivity index (χ1n) is 11.1. The molecule has 0 radical (unpaired) electrons. The minimum atomic E-state index is -0.0450. The minimum Gasteiger partial charge on any atom is -0.496 e. The van der Waals surface area contributed by atoms with E-state index in [1.807, 2.05) is 72.8 Å². The summed E-state index contributed by atoms with van der Waals surface area (Å²) in [6.45, 7) is 6.18. The van der Waals surface area contributed by atoms with Crippen molar-refractivity contribution < 1.29 is 9.53 Å². The van der Waals surface area contributed by atoms with Gasteiger partial charge in [-0.1, -0.05) is 36.4 Å². The van der Waals surface area contributed by atoms with E-state index in [2.05, 4.69) is 46.8 Å². The monoisotopic (exact) mass is 502 g/mol. The Morgan fingerprint density at radius 2 is 1.67 bits per heavy atom. The molecular weight excluding hydrogens is 476 g/mol. The molecule has 0 atom stereocenters. The van der Waals surface area contributed by atoms with E-state index in [0.29, 0.717) is 5.57 Å². The topological polar surface area (TPSA) is 32.8 Å². The second kappa shape index (κ2) is 10.1. The molecule has 4 nitrogen and oxygen atoms in total. The Bertz CT molecular complexity index is 1200. The molecule has 168 valence electrons. The number of carbonyl (C=O) groups is 1. The van der Waals surface area contributed by atoms with Gasteiger partial charge in [0.2, 0.25) is 0 Å². The second-order valence-electron chi connectivity index (χ2n) is 7.72. The number of methoxy groups -OCH3 is 1. The summed E-state index contributed by atoms with van der Waals surface area (Å²) in [5.41, 5.74) is 5.44. The lowest BCUT2D eigenvalue weighted by molar-refractivity contribution is -0.113. The molecule has 3 aromatic rings. The van der Waals surface area contributed by atoms with Gasteiger partial charge >= 0.3 is 0 Å². The van der Waals surface area contributed by atoms with Crippen LogP contribution in [-0.2, 0) is 4.79 Å². The van der Waals surface area contributed by atoms with Crippen LogP contribution in [0.25, 0.3) is 11.8 Å². The zero-order valence-electron chi connectivity index (χ0n) is 19.1. The van der Waals surface area contributed by atoms with Crippen molar-refractivity contribution in [3.8, 4) is 5.75 Å². The van der Waals surface area contributed by atoms with Gasteiger partial charge in [-0.3, -0.25) is 9.69 Å². The van der Waals surface area contributed by atoms with Crippen molar-refractivity contribution in [3.63, 3.8) is 0 Å². The average Bonchev–Trinajstić information content (AvgIpc) is 3.17. The van der Waals surface area contributed by atoms with Gasteiger partial charge in [-0.25, -0.2) is 0 Å². The van der Waals surface area contributed by atoms with E-state index in [4.69, 9.17) is 4.74 Å². The predicted octanol–water partition coefficient (Wildman–Crippen LogP) is 6.78. The maximum atomic E-state index is 13.6. The van der Waals surface area contributed by atoms with Crippen molar-refractivity contribution in [1.29, 1.82) is 0 Å². The second-order valence-corrected chi connectivity index (χ2v) is 8.57. The molecule has 0 saturated carbocycles. The highest BCUT2D eigenvalue weighted by Gasteiger charge is 2.30. The summed E-state index contributed by atoms with van der Waals surface area (Å²) in [6.07, 6.45) is 3.88. The van der Waals surface area contributed by atoms with E-state index < -0.39 is 0 Å². The number of ether oxygens (including phenoxy) is 1. The van der Waals surface area contributed by atoms with Crippen LogP contribution in [0.2, 0.25) is 0 Å². The van der Waals surface area contributed by atoms with E-state index in [1.54, 1.807) is 12.0 Å². The van der Waals surface area contributed by atoms with Crippen molar-refractivity contribution in [2.75, 3.05) is 30.0 Å². The Morgan fingerprint density at radius 3 is 2.27 bits per heavy atom. The molecule has 0 saturated heterocycles. The molecule has 4 rings (SSSR count). The Kier molecular flexibility index (Phi) is 6.99. The van der Waals surface area contributed by atoms with Crippen LogP contribution in [0.1, 0.15) is 25.0 Å². The molecule has 1 aliphatic heterocycles. The van der Waals surface area contributed by atoms with Crippen molar-refractivity contribution in [2.45, 2.75) is 13.8 Å². The number of benzene rings is 3. The molecule has 33 heavy (non-hydrogen) atoms. The Morgan fingerprint density at radius 1 is 0.970 bits per heavy atom. The first-order chi connectivity index (χ1) is 16.0. The van der Waals surface area contributed by atoms with Gasteiger partial charge in [-0.05, 0) is 89.5 Å². The highest BCUT2D eigenvalue weighted by atomic mass is 79.9. The molecule has 0 unspecified atom stereocenters. The summed E-state index contributed by atoms with van der Waals surface area (Å²) >= 11 is 3.53. The van der Waals surface area contributed by atoms with Gasteiger partial charge in [0.05, 0.1) is 17.3 Å². The third-order valence-electron chi connectivity index (χ3n) is 5.79. The fourth-order valence-electron chi connectivity index (χ4n) is 4.05. The molecule has 0 bridgehead atoms. The highest BCUT2D eigenvalue weighted by molar-refractivity contribution is 9.10. The minimum absolute atomic E-state index is 0.0450. The average molecular weight is 503 g/mol. The van der Waals surface area contributed by atoms with Crippen LogP contribution < -0.4 is 14.5 Å². The van der Waals surface area contributed by atoms with Crippen LogP contribution >= 0.6 is 15.9 Å². The Balaban J connectivity index is 1.74. The van der Waals surface area contributed by atoms with E-state index in [1.165, 1.54) is 0 Å². The zero-order valence-corrected chi connectivity index (χ0v) is 20.7. The van der Waals surface area contributed by atoms with Crippen molar-refractivity contribution in [1.82, 2.24) is 0 Å². The van der Waals surface area contributed by atoms with Crippen LogP contribution in [0.4, 0.5) is 11.4 Å². The van der Waals surface area contributed by atoms with Gasteiger partial charge in [0, 0.05) is 30.0 Å². The summed E-state index contributed by atoms with van der Waals surface area (Å²) < 4.78 is 6.17. The first kappa shape index (κ1) is 22.9. The van der Waals surface area contributed by atoms with Gasteiger partial charge < -0.3 is 9.64 Å². The maximum absolute atomic E-state index is 13.6. The number of nitrogens with zero attached hydrogens (tertiary/aromatic N) is 2. The first-order valence-corrected chi connectivity index (χ1v) is 11.9. The quantitative estimate of drug-likeness (QED) is 0.334. The zero-order chi connectivity index (χ0) is 23.4. The van der Waals surface area contributed by atoms with Crippen LogP contribution in [0.15, 0.2) is 88.9 Å². The Hall–Kier alpha value is -3.31. The number of hydrogen-bond donors (Lipinski definition) is 0. The van der Waals surface area contributed by atoms with Crippen molar-refractivity contribution in [2.24, 2.45) is 0 Å². The Labute approximate surface area is 203 Å². The fraction of sp³-hybridized carbons (Fsp3) is 0.179. The molecule has 0 fully saturated rings. The summed E-state index contributed by atoms with van der Waals surface area (Å²) in [5, 5.41) is 0. The van der Waals surface area contributed by atoms with E-state index in [0.717, 1.165) is 51.5 Å². The molecular formula is C28H27BrN2O2. The molecule has 3 aromatic carbocycles. The van der Waals surface area contributed by atoms with Crippen molar-refractivity contribution in [3.05, 3.63) is 100 Å². The number of hydrogen-bond acceptors (Lipinski definition) is 3. The van der Waals surface area contributed by atoms with Crippen LogP contribution in [0, 0.1) is 0 Å². The van der Waals surface area contributed by atoms with E-state index >= 15 is 0 Å². The fourth-order valence-corrected chi connectivity index (χ4v) is 4.60. The third kappa shape index (κ3) is 4.74. The van der Waals surface area contributed by atoms with Crippen molar-refractivity contribution >= 4 is 45.0 Å². The SMILES string of the molecule is CCN(CC)c1ccc(N2C(=O)/C(=C/c3ccc(OC)c(Br)c3)C=C2c2ccccc2)cc1. The van der Waals surface area contributed by atoms with Gasteiger partial charge in [0.1, 0.15) is 5.75 Å². The molecule has 1 heterocycles. The lowest BCUT2D eigenvalue weighted by Crippen LogP contribution is -2.25. The molecule has 0 spiro atoms. The summed E-state index contributed by atoms with van der Waals surface area (Å²) in [6, 6.07) is 24.0. The van der Waals surface area contributed by atoms with Crippen LogP contribution in [0.5, 0.6) is 5.75 Å². The normalized spacial score (nSPS) is 14.5. The summed E-state index contributed by atoms with van der Waals surface area (Å²) in [4.78, 5) is 17.7. The number of anilines is 2. The summed E-state index contributed by atoms with van der Waals surface area (Å²) in [5.74, 6) is 0.710. The predicted molar refractivity (Wildman–Crippen MR) is 141 cm³/mol. The largest absolute Gasteiger partial charge is 0.496 e. The molecule has 5 heteroatoms. The van der Waals surface area contributed by atoms with Gasteiger partial charge in [0.25, 0.3) is 5.91 Å². The lowest BCUT2D eigenvalue weighted by Gasteiger charge is -2.24. The number of rotatable bonds is 7. The summed E-state index contributed by atoms with van der Waals surface area (Å²) in [7, 11) is 1.64. The molecule has 0 N–H and O–H groups in total. The molecule has 1 amide bonds. The molecule has 0 aromatic heterocycles. The van der Waals surface area contributed by atoms with E-state index in [-0.39, 0.29) is 5.91 Å². The van der Waals surface area contributed by atoms with Gasteiger partial charge in [-0.15, -0.1) is 0 Å². The number of amides is 1. The van der Waals surface area contributed by atoms with Crippen LogP contribution in [-0.4, -0.2) is 26.1 Å². The van der Waals surface area contributed by atoms with E-state index in [9.17, 15) is 4.79 Å². The smallest absolute Gasteiger partial charge is 0.262 e. The third-order valence-corrected chi connectivity index (χ3v) is 6.41. The lowest BCUT2D eigenvalue weighted by atomic mass is 10.1. The van der Waals surface area contributed by atoms with Crippen LogP contribution in [0.3, 0.4) is 0 Å². The van der Waals surface area contributed by atoms with Gasteiger partial charge in [0.15, 0.2) is 0 Å². The highest BCUT2D eigenvalue weighted by Crippen LogP contribution is 2.36. The molecule has 1 aliphatic rings. The molecule has 0 aliphatic carbocycles. The number of carbonyl (C=O) groups excluding carboxylic acids is 1. The standard InChI is InChI=1S/C28H27BrN2O2/c1-4-30(5-2)23-12-14-24(15-13-23)31-26(21-9-7-6-8-10-21)19-22(28(31)32)17-20-11-16-27(33-3)25(29)18-20/h6-19H,4-5H2,1-3H3/b22-17+. The maximum Gasteiger partial charge on any atom is 0.262 e.